The van der Waals surface area contributed by atoms with Crippen LogP contribution in [0.5, 0.6) is 5.75 Å². The van der Waals surface area contributed by atoms with E-state index in [0.29, 0.717) is 19.4 Å². The molecule has 2 N–H and O–H groups in total. The lowest BCUT2D eigenvalue weighted by atomic mass is 10.1. The number of rotatable bonds is 8. The van der Waals surface area contributed by atoms with E-state index in [1.54, 1.807) is 7.11 Å². The van der Waals surface area contributed by atoms with E-state index in [0.717, 1.165) is 11.3 Å². The number of urea groups is 1. The minimum atomic E-state index is -0.624. The van der Waals surface area contributed by atoms with Crippen LogP contribution in [0.15, 0.2) is 24.3 Å². The number of methoxy groups -OCH3 is 1. The summed E-state index contributed by atoms with van der Waals surface area (Å²) in [4.78, 5) is 37.3. The fourth-order valence-electron chi connectivity index (χ4n) is 2.69. The van der Waals surface area contributed by atoms with Gasteiger partial charge in [0, 0.05) is 19.0 Å². The van der Waals surface area contributed by atoms with E-state index in [1.807, 2.05) is 38.1 Å². The number of carbonyl (C=O) groups excluding carboxylic acids is 3. The fourth-order valence-corrected chi connectivity index (χ4v) is 2.69. The van der Waals surface area contributed by atoms with Crippen LogP contribution in [-0.2, 0) is 16.0 Å². The lowest BCUT2D eigenvalue weighted by molar-refractivity contribution is -0.127. The lowest BCUT2D eigenvalue weighted by Crippen LogP contribution is -2.35. The summed E-state index contributed by atoms with van der Waals surface area (Å²) >= 11 is 0. The smallest absolute Gasteiger partial charge is 0.324 e. The predicted molar refractivity (Wildman–Crippen MR) is 93.2 cm³/mol. The topological polar surface area (TPSA) is 87.7 Å². The third-order valence-electron chi connectivity index (χ3n) is 4.00. The maximum atomic E-state index is 12.4. The number of benzene rings is 1. The van der Waals surface area contributed by atoms with Crippen molar-refractivity contribution in [3.8, 4) is 5.75 Å². The first-order chi connectivity index (χ1) is 11.9. The first kappa shape index (κ1) is 18.8. The molecule has 0 bridgehead atoms. The summed E-state index contributed by atoms with van der Waals surface area (Å²) in [5.41, 5.74) is 1.01. The zero-order chi connectivity index (χ0) is 18.4. The van der Waals surface area contributed by atoms with E-state index in [1.165, 1.54) is 4.90 Å². The second kappa shape index (κ2) is 8.50. The second-order valence-corrected chi connectivity index (χ2v) is 6.35. The lowest BCUT2D eigenvalue weighted by Gasteiger charge is -2.13. The van der Waals surface area contributed by atoms with Crippen LogP contribution in [0, 0.1) is 0 Å². The van der Waals surface area contributed by atoms with Gasteiger partial charge in [0.25, 0.3) is 5.91 Å². The molecule has 2 rings (SSSR count). The Morgan fingerprint density at radius 1 is 1.28 bits per heavy atom. The molecule has 1 aromatic rings. The van der Waals surface area contributed by atoms with Gasteiger partial charge >= 0.3 is 6.03 Å². The third kappa shape index (κ3) is 5.20. The molecule has 0 spiro atoms. The van der Waals surface area contributed by atoms with Gasteiger partial charge in [-0.15, -0.1) is 0 Å². The maximum Gasteiger partial charge on any atom is 0.324 e. The first-order valence-electron chi connectivity index (χ1n) is 8.45. The SMILES string of the molecule is COc1ccc(CCN2C(=O)N[C@@H](CCC(=O)NC(C)C)C2=O)cc1. The van der Waals surface area contributed by atoms with Crippen LogP contribution in [0.2, 0.25) is 0 Å². The van der Waals surface area contributed by atoms with Crippen LogP contribution >= 0.6 is 0 Å². The highest BCUT2D eigenvalue weighted by molar-refractivity contribution is 6.04. The Labute approximate surface area is 147 Å². The van der Waals surface area contributed by atoms with E-state index in [-0.39, 0.29) is 24.3 Å². The van der Waals surface area contributed by atoms with Crippen molar-refractivity contribution in [1.29, 1.82) is 0 Å². The Balaban J connectivity index is 1.84. The van der Waals surface area contributed by atoms with E-state index in [2.05, 4.69) is 10.6 Å². The molecule has 1 fully saturated rings. The Morgan fingerprint density at radius 3 is 2.56 bits per heavy atom. The summed E-state index contributed by atoms with van der Waals surface area (Å²) in [6.45, 7) is 4.06. The average Bonchev–Trinajstić information content (AvgIpc) is 2.84. The predicted octanol–water partition coefficient (Wildman–Crippen LogP) is 1.46. The van der Waals surface area contributed by atoms with Gasteiger partial charge in [0.05, 0.1) is 7.11 Å². The van der Waals surface area contributed by atoms with Crippen molar-refractivity contribution >= 4 is 17.8 Å². The number of imide groups is 1. The van der Waals surface area contributed by atoms with Crippen molar-refractivity contribution in [2.24, 2.45) is 0 Å². The minimum Gasteiger partial charge on any atom is -0.497 e. The van der Waals surface area contributed by atoms with Crippen molar-refractivity contribution in [3.63, 3.8) is 0 Å². The highest BCUT2D eigenvalue weighted by atomic mass is 16.5. The molecule has 0 aliphatic carbocycles. The zero-order valence-corrected chi connectivity index (χ0v) is 14.9. The summed E-state index contributed by atoms with van der Waals surface area (Å²) in [5.74, 6) is 0.378. The normalized spacial score (nSPS) is 17.0. The quantitative estimate of drug-likeness (QED) is 0.697. The monoisotopic (exact) mass is 347 g/mol. The van der Waals surface area contributed by atoms with Crippen LogP contribution in [0.4, 0.5) is 4.79 Å². The Morgan fingerprint density at radius 2 is 1.96 bits per heavy atom. The number of nitrogens with one attached hydrogen (secondary N) is 2. The van der Waals surface area contributed by atoms with Crippen LogP contribution < -0.4 is 15.4 Å². The van der Waals surface area contributed by atoms with Crippen LogP contribution in [0.3, 0.4) is 0 Å². The van der Waals surface area contributed by atoms with Crippen LogP contribution in [-0.4, -0.2) is 48.5 Å². The van der Waals surface area contributed by atoms with Crippen molar-refractivity contribution in [1.82, 2.24) is 15.5 Å². The van der Waals surface area contributed by atoms with Crippen LogP contribution in [0.1, 0.15) is 32.3 Å². The van der Waals surface area contributed by atoms with Gasteiger partial charge in [-0.25, -0.2) is 4.79 Å². The molecule has 4 amide bonds. The number of carbonyl (C=O) groups is 3. The molecule has 0 radical (unpaired) electrons. The number of hydrogen-bond donors (Lipinski definition) is 2. The molecule has 1 atom stereocenters. The molecule has 7 heteroatoms. The molecule has 1 heterocycles. The molecule has 0 saturated carbocycles. The molecule has 1 aliphatic rings. The summed E-state index contributed by atoms with van der Waals surface area (Å²) in [6.07, 6.45) is 1.09. The van der Waals surface area contributed by atoms with Gasteiger partial charge in [-0.3, -0.25) is 14.5 Å². The van der Waals surface area contributed by atoms with Crippen molar-refractivity contribution in [2.75, 3.05) is 13.7 Å². The molecule has 1 aliphatic heterocycles. The minimum absolute atomic E-state index is 0.0577. The molecule has 1 saturated heterocycles. The number of amides is 4. The summed E-state index contributed by atoms with van der Waals surface area (Å²) < 4.78 is 5.10. The van der Waals surface area contributed by atoms with Gasteiger partial charge in [-0.2, -0.15) is 0 Å². The Kier molecular flexibility index (Phi) is 6.38. The average molecular weight is 347 g/mol. The molecular weight excluding hydrogens is 322 g/mol. The zero-order valence-electron chi connectivity index (χ0n) is 14.9. The Hall–Kier alpha value is -2.57. The van der Waals surface area contributed by atoms with Gasteiger partial charge < -0.3 is 15.4 Å². The molecule has 7 nitrogen and oxygen atoms in total. The summed E-state index contributed by atoms with van der Waals surface area (Å²) in [6, 6.07) is 6.54. The highest BCUT2D eigenvalue weighted by Crippen LogP contribution is 2.15. The molecule has 25 heavy (non-hydrogen) atoms. The molecular formula is C18H25N3O4. The highest BCUT2D eigenvalue weighted by Gasteiger charge is 2.37. The molecule has 0 unspecified atom stereocenters. The van der Waals surface area contributed by atoms with Gasteiger partial charge in [-0.1, -0.05) is 12.1 Å². The summed E-state index contributed by atoms with van der Waals surface area (Å²) in [7, 11) is 1.60. The van der Waals surface area contributed by atoms with Crippen molar-refractivity contribution in [2.45, 2.75) is 45.2 Å². The van der Waals surface area contributed by atoms with E-state index in [4.69, 9.17) is 4.74 Å². The van der Waals surface area contributed by atoms with Gasteiger partial charge in [0.15, 0.2) is 0 Å². The second-order valence-electron chi connectivity index (χ2n) is 6.35. The first-order valence-corrected chi connectivity index (χ1v) is 8.45. The molecule has 136 valence electrons. The Bertz CT molecular complexity index is 628. The summed E-state index contributed by atoms with van der Waals surface area (Å²) in [5, 5.41) is 5.43. The number of nitrogens with zero attached hydrogens (tertiary/aromatic N) is 1. The van der Waals surface area contributed by atoms with E-state index >= 15 is 0 Å². The number of hydrogen-bond acceptors (Lipinski definition) is 4. The molecule has 1 aromatic carbocycles. The third-order valence-corrected chi connectivity index (χ3v) is 4.00. The van der Waals surface area contributed by atoms with E-state index < -0.39 is 12.1 Å². The van der Waals surface area contributed by atoms with Crippen LogP contribution in [0.25, 0.3) is 0 Å². The standard InChI is InChI=1S/C18H25N3O4/c1-12(2)19-16(22)9-8-15-17(23)21(18(24)20-15)11-10-13-4-6-14(25-3)7-5-13/h4-7,12,15H,8-11H2,1-3H3,(H,19,22)(H,20,24)/t15-/m0/s1. The van der Waals surface area contributed by atoms with Crippen molar-refractivity contribution < 1.29 is 19.1 Å². The maximum absolute atomic E-state index is 12.4. The van der Waals surface area contributed by atoms with Gasteiger partial charge in [-0.05, 0) is 44.4 Å². The van der Waals surface area contributed by atoms with E-state index in [9.17, 15) is 14.4 Å². The molecule has 0 aromatic heterocycles. The van der Waals surface area contributed by atoms with Gasteiger partial charge in [0.1, 0.15) is 11.8 Å². The fraction of sp³-hybridized carbons (Fsp3) is 0.500. The van der Waals surface area contributed by atoms with Gasteiger partial charge in [0.2, 0.25) is 5.91 Å². The largest absolute Gasteiger partial charge is 0.497 e. The van der Waals surface area contributed by atoms with Crippen molar-refractivity contribution in [3.05, 3.63) is 29.8 Å². The number of ether oxygens (including phenoxy) is 1.